The van der Waals surface area contributed by atoms with Crippen molar-refractivity contribution in [3.05, 3.63) is 17.7 Å². The van der Waals surface area contributed by atoms with Crippen molar-refractivity contribution >= 4 is 30.1 Å². The molecule has 1 aliphatic carbocycles. The number of amides is 1. The zero-order valence-corrected chi connectivity index (χ0v) is 19.5. The van der Waals surface area contributed by atoms with Gasteiger partial charge in [-0.2, -0.15) is 0 Å². The average molecular weight is 433 g/mol. The maximum absolute atomic E-state index is 13.2. The highest BCUT2D eigenvalue weighted by atomic mass is 35.5. The van der Waals surface area contributed by atoms with Gasteiger partial charge in [-0.15, -0.1) is 24.2 Å². The van der Waals surface area contributed by atoms with E-state index in [4.69, 9.17) is 19.9 Å². The summed E-state index contributed by atoms with van der Waals surface area (Å²) in [7, 11) is 5.01. The topological polar surface area (TPSA) is 74.0 Å². The molecule has 2 N–H and O–H groups in total. The first-order valence-electron chi connectivity index (χ1n) is 9.11. The van der Waals surface area contributed by atoms with Crippen molar-refractivity contribution in [3.8, 4) is 11.5 Å². The van der Waals surface area contributed by atoms with Gasteiger partial charge in [0.15, 0.2) is 11.5 Å². The van der Waals surface area contributed by atoms with E-state index in [1.807, 2.05) is 39.2 Å². The summed E-state index contributed by atoms with van der Waals surface area (Å²) in [5, 5.41) is 0. The number of methoxy groups -OCH3 is 2. The van der Waals surface area contributed by atoms with Crippen LogP contribution in [0.15, 0.2) is 17.0 Å². The van der Waals surface area contributed by atoms with Gasteiger partial charge in [0.2, 0.25) is 5.91 Å². The summed E-state index contributed by atoms with van der Waals surface area (Å²) >= 11 is 1.61. The van der Waals surface area contributed by atoms with Crippen molar-refractivity contribution < 1.29 is 19.0 Å². The lowest BCUT2D eigenvalue weighted by Crippen LogP contribution is -2.75. The molecular weight excluding hydrogens is 400 g/mol. The van der Waals surface area contributed by atoms with Gasteiger partial charge in [0.25, 0.3) is 0 Å². The Morgan fingerprint density at radius 1 is 1.29 bits per heavy atom. The van der Waals surface area contributed by atoms with Crippen LogP contribution in [0.2, 0.25) is 0 Å². The van der Waals surface area contributed by atoms with Crippen LogP contribution in [-0.4, -0.2) is 56.6 Å². The summed E-state index contributed by atoms with van der Waals surface area (Å²) < 4.78 is 16.5. The maximum atomic E-state index is 13.2. The Balaban J connectivity index is 0.00000392. The Morgan fingerprint density at radius 2 is 1.86 bits per heavy atom. The molecule has 0 saturated heterocycles. The van der Waals surface area contributed by atoms with Crippen LogP contribution in [0.25, 0.3) is 0 Å². The van der Waals surface area contributed by atoms with E-state index < -0.39 is 11.0 Å². The van der Waals surface area contributed by atoms with Crippen molar-refractivity contribution in [1.82, 2.24) is 4.90 Å². The molecule has 1 aromatic carbocycles. The summed E-state index contributed by atoms with van der Waals surface area (Å²) in [5.74, 6) is 1.26. The first kappa shape index (κ1) is 24.9. The number of carbonyl (C=O) groups is 1. The lowest BCUT2D eigenvalue weighted by molar-refractivity contribution is -0.178. The quantitative estimate of drug-likeness (QED) is 0.635. The maximum Gasteiger partial charge on any atom is 0.243 e. The number of nitrogens with zero attached hydrogens (tertiary/aromatic N) is 1. The van der Waals surface area contributed by atoms with Crippen molar-refractivity contribution in [1.29, 1.82) is 0 Å². The van der Waals surface area contributed by atoms with Crippen LogP contribution in [0.5, 0.6) is 11.5 Å². The van der Waals surface area contributed by atoms with E-state index in [2.05, 4.69) is 0 Å². The molecule has 28 heavy (non-hydrogen) atoms. The van der Waals surface area contributed by atoms with E-state index >= 15 is 0 Å². The van der Waals surface area contributed by atoms with Gasteiger partial charge < -0.3 is 24.8 Å². The fraction of sp³-hybridized carbons (Fsp3) is 0.650. The monoisotopic (exact) mass is 432 g/mol. The Morgan fingerprint density at radius 3 is 2.32 bits per heavy atom. The summed E-state index contributed by atoms with van der Waals surface area (Å²) in [6.45, 7) is 7.04. The third kappa shape index (κ3) is 4.22. The van der Waals surface area contributed by atoms with Gasteiger partial charge in [0.05, 0.1) is 20.3 Å². The number of carbonyl (C=O) groups excluding carboxylic acids is 1. The highest BCUT2D eigenvalue weighted by molar-refractivity contribution is 7.98. The van der Waals surface area contributed by atoms with Crippen molar-refractivity contribution in [2.45, 2.75) is 50.3 Å². The zero-order chi connectivity index (χ0) is 20.4. The lowest BCUT2D eigenvalue weighted by Gasteiger charge is -2.58. The largest absolute Gasteiger partial charge is 0.493 e. The van der Waals surface area contributed by atoms with Crippen LogP contribution in [0, 0.1) is 5.41 Å². The van der Waals surface area contributed by atoms with E-state index in [0.29, 0.717) is 31.1 Å². The van der Waals surface area contributed by atoms with Gasteiger partial charge in [0.1, 0.15) is 5.54 Å². The number of benzene rings is 1. The molecular formula is C20H33ClN2O4S. The second-order valence-electron chi connectivity index (χ2n) is 7.52. The number of thioether (sulfide) groups is 1. The summed E-state index contributed by atoms with van der Waals surface area (Å²) in [5.41, 5.74) is 6.22. The molecule has 8 heteroatoms. The summed E-state index contributed by atoms with van der Waals surface area (Å²) in [4.78, 5) is 15.9. The molecule has 2 rings (SSSR count). The second-order valence-corrected chi connectivity index (χ2v) is 8.37. The summed E-state index contributed by atoms with van der Waals surface area (Å²) in [6, 6.07) is 3.86. The zero-order valence-electron chi connectivity index (χ0n) is 17.8. The van der Waals surface area contributed by atoms with Gasteiger partial charge in [0, 0.05) is 36.9 Å². The molecule has 0 aromatic heterocycles. The molecule has 160 valence electrons. The van der Waals surface area contributed by atoms with Gasteiger partial charge in [-0.1, -0.05) is 13.8 Å². The Labute approximate surface area is 178 Å². The number of likely N-dealkylation sites (N-methyl/N-ethyl adjacent to an activating group) is 1. The molecule has 0 heterocycles. The van der Waals surface area contributed by atoms with E-state index in [-0.39, 0.29) is 24.4 Å². The first-order chi connectivity index (χ1) is 12.7. The normalized spacial score (nSPS) is 22.6. The number of nitrogens with two attached hydrogens (primary N) is 1. The van der Waals surface area contributed by atoms with Crippen LogP contribution in [0.3, 0.4) is 0 Å². The van der Waals surface area contributed by atoms with E-state index in [1.165, 1.54) is 0 Å². The number of rotatable bonds is 8. The Bertz CT molecular complexity index is 701. The Kier molecular flexibility index (Phi) is 8.50. The van der Waals surface area contributed by atoms with Crippen LogP contribution in [0.1, 0.15) is 32.8 Å². The predicted molar refractivity (Wildman–Crippen MR) is 116 cm³/mol. The highest BCUT2D eigenvalue weighted by Gasteiger charge is 2.63. The SMILES string of the molecule is CCOC1CC(N)(C(=O)N(C)Cc2cc(OC)c(OC)cc2SC)C1(C)C.Cl. The molecule has 0 spiro atoms. The van der Waals surface area contributed by atoms with Crippen molar-refractivity contribution in [3.63, 3.8) is 0 Å². The third-order valence-electron chi connectivity index (χ3n) is 5.75. The molecule has 0 radical (unpaired) electrons. The molecule has 0 aliphatic heterocycles. The van der Waals surface area contributed by atoms with Crippen LogP contribution < -0.4 is 15.2 Å². The highest BCUT2D eigenvalue weighted by Crippen LogP contribution is 2.50. The smallest absolute Gasteiger partial charge is 0.243 e. The molecule has 6 nitrogen and oxygen atoms in total. The van der Waals surface area contributed by atoms with Gasteiger partial charge in [-0.3, -0.25) is 4.79 Å². The van der Waals surface area contributed by atoms with Crippen LogP contribution >= 0.6 is 24.2 Å². The summed E-state index contributed by atoms with van der Waals surface area (Å²) in [6.07, 6.45) is 2.55. The molecule has 2 atom stereocenters. The standard InChI is InChI=1S/C20H32N2O4S.ClH/c1-8-26-17-11-20(21,19(17,2)3)18(23)22(4)12-13-9-14(24-5)15(25-6)10-16(13)27-7;/h9-10,17H,8,11-12,21H2,1-7H3;1H. The Hall–Kier alpha value is -1.15. The minimum Gasteiger partial charge on any atom is -0.493 e. The van der Waals surface area contributed by atoms with Crippen molar-refractivity contribution in [2.24, 2.45) is 11.1 Å². The first-order valence-corrected chi connectivity index (χ1v) is 10.3. The fourth-order valence-corrected chi connectivity index (χ4v) is 4.29. The van der Waals surface area contributed by atoms with Gasteiger partial charge in [-0.05, 0) is 30.9 Å². The molecule has 1 aliphatic rings. The molecule has 0 bridgehead atoms. The van der Waals surface area contributed by atoms with Crippen molar-refractivity contribution in [2.75, 3.05) is 34.1 Å². The number of ether oxygens (including phenoxy) is 3. The number of halogens is 1. The van der Waals surface area contributed by atoms with Gasteiger partial charge in [-0.25, -0.2) is 0 Å². The molecule has 1 amide bonds. The minimum atomic E-state index is -0.919. The molecule has 1 aromatic rings. The molecule has 2 unspecified atom stereocenters. The van der Waals surface area contributed by atoms with Gasteiger partial charge >= 0.3 is 0 Å². The average Bonchev–Trinajstić information content (AvgIpc) is 2.66. The number of hydrogen-bond donors (Lipinski definition) is 1. The van der Waals surface area contributed by atoms with Crippen LogP contribution in [0.4, 0.5) is 0 Å². The van der Waals surface area contributed by atoms with E-state index in [0.717, 1.165) is 10.5 Å². The molecule has 1 saturated carbocycles. The second kappa shape index (κ2) is 9.57. The lowest BCUT2D eigenvalue weighted by atomic mass is 9.54. The van der Waals surface area contributed by atoms with E-state index in [9.17, 15) is 4.79 Å². The molecule has 1 fully saturated rings. The van der Waals surface area contributed by atoms with Crippen LogP contribution in [-0.2, 0) is 16.1 Å². The third-order valence-corrected chi connectivity index (χ3v) is 6.57. The number of hydrogen-bond acceptors (Lipinski definition) is 6. The minimum absolute atomic E-state index is 0. The fourth-order valence-electron chi connectivity index (χ4n) is 3.68. The predicted octanol–water partition coefficient (Wildman–Crippen LogP) is 3.34. The van der Waals surface area contributed by atoms with E-state index in [1.54, 1.807) is 37.9 Å².